The highest BCUT2D eigenvalue weighted by Crippen LogP contribution is 2.24. The van der Waals surface area contributed by atoms with E-state index in [0.717, 1.165) is 20.1 Å². The van der Waals surface area contributed by atoms with Crippen LogP contribution in [0.3, 0.4) is 0 Å². The van der Waals surface area contributed by atoms with Gasteiger partial charge in [-0.15, -0.1) is 11.3 Å². The van der Waals surface area contributed by atoms with Gasteiger partial charge >= 0.3 is 0 Å². The van der Waals surface area contributed by atoms with Crippen LogP contribution in [-0.4, -0.2) is 55.9 Å². The summed E-state index contributed by atoms with van der Waals surface area (Å²) in [6.45, 7) is 2.40. The van der Waals surface area contributed by atoms with Gasteiger partial charge in [-0.25, -0.2) is 4.98 Å². The monoisotopic (exact) mass is 335 g/mol. The molecule has 1 aromatic heterocycles. The summed E-state index contributed by atoms with van der Waals surface area (Å²) in [7, 11) is 5.30. The van der Waals surface area contributed by atoms with Crippen LogP contribution in [0.15, 0.2) is 24.3 Å². The Hall–Kier alpha value is -1.99. The number of carbonyl (C=O) groups is 2. The summed E-state index contributed by atoms with van der Waals surface area (Å²) in [6, 6.07) is 8.14. The van der Waals surface area contributed by atoms with E-state index in [0.29, 0.717) is 6.54 Å². The standard InChI is InChI=1S/C16H22N4O2S/c1-11(16-18-12-7-5-6-8-13(12)23-16)20(4)10-14(21)17-9-15(22)19(2)3/h5-8,11H,9-10H2,1-4H3,(H,17,21)/p+1/t11-/m1/s1. The average molecular weight is 335 g/mol. The highest BCUT2D eigenvalue weighted by molar-refractivity contribution is 7.18. The minimum atomic E-state index is -0.134. The fourth-order valence-electron chi connectivity index (χ4n) is 2.09. The van der Waals surface area contributed by atoms with Gasteiger partial charge in [0.05, 0.1) is 23.8 Å². The van der Waals surface area contributed by atoms with Crippen LogP contribution in [-0.2, 0) is 9.59 Å². The number of nitrogens with one attached hydrogen (secondary N) is 2. The van der Waals surface area contributed by atoms with Crippen LogP contribution in [0.25, 0.3) is 10.2 Å². The Kier molecular flexibility index (Phi) is 5.68. The summed E-state index contributed by atoms with van der Waals surface area (Å²) in [5, 5.41) is 3.67. The predicted molar refractivity (Wildman–Crippen MR) is 91.5 cm³/mol. The van der Waals surface area contributed by atoms with Crippen molar-refractivity contribution in [1.29, 1.82) is 0 Å². The zero-order valence-electron chi connectivity index (χ0n) is 13.9. The molecule has 2 rings (SSSR count). The van der Waals surface area contributed by atoms with Gasteiger partial charge in [0.15, 0.2) is 11.6 Å². The van der Waals surface area contributed by atoms with E-state index >= 15 is 0 Å². The molecule has 0 spiro atoms. The number of nitrogens with zero attached hydrogens (tertiary/aromatic N) is 2. The van der Waals surface area contributed by atoms with Crippen LogP contribution >= 0.6 is 11.3 Å². The first kappa shape index (κ1) is 17.4. The summed E-state index contributed by atoms with van der Waals surface area (Å²) >= 11 is 1.66. The zero-order valence-corrected chi connectivity index (χ0v) is 14.7. The molecule has 1 unspecified atom stereocenters. The smallest absolute Gasteiger partial charge is 0.275 e. The van der Waals surface area contributed by atoms with E-state index in [9.17, 15) is 9.59 Å². The van der Waals surface area contributed by atoms with Crippen LogP contribution in [0.2, 0.25) is 0 Å². The van der Waals surface area contributed by atoms with Gasteiger partial charge in [0.1, 0.15) is 6.04 Å². The SMILES string of the molecule is C[C@H](c1nc2ccccc2s1)[NH+](C)CC(=O)NCC(=O)N(C)C. The van der Waals surface area contributed by atoms with Crippen LogP contribution in [0, 0.1) is 0 Å². The van der Waals surface area contributed by atoms with Crippen molar-refractivity contribution < 1.29 is 14.5 Å². The molecule has 2 aromatic rings. The van der Waals surface area contributed by atoms with Crippen LogP contribution < -0.4 is 10.2 Å². The number of likely N-dealkylation sites (N-methyl/N-ethyl adjacent to an activating group) is 2. The number of thiazole rings is 1. The molecule has 124 valence electrons. The Bertz CT molecular complexity index is 665. The van der Waals surface area contributed by atoms with Gasteiger partial charge in [-0.2, -0.15) is 0 Å². The maximum Gasteiger partial charge on any atom is 0.275 e. The van der Waals surface area contributed by atoms with Gasteiger partial charge < -0.3 is 15.1 Å². The van der Waals surface area contributed by atoms with Crippen molar-refractivity contribution in [1.82, 2.24) is 15.2 Å². The number of hydrogen-bond acceptors (Lipinski definition) is 4. The second-order valence-corrected chi connectivity index (χ2v) is 6.89. The van der Waals surface area contributed by atoms with Crippen molar-refractivity contribution in [3.05, 3.63) is 29.3 Å². The fraction of sp³-hybridized carbons (Fsp3) is 0.438. The molecule has 0 aliphatic rings. The van der Waals surface area contributed by atoms with E-state index in [2.05, 4.69) is 23.3 Å². The molecule has 2 atom stereocenters. The Morgan fingerprint density at radius 1 is 1.35 bits per heavy atom. The normalized spacial score (nSPS) is 13.6. The predicted octanol–water partition coefficient (Wildman–Crippen LogP) is 0.0764. The number of quaternary nitrogens is 1. The molecular formula is C16H23N4O2S+. The molecule has 2 amide bonds. The van der Waals surface area contributed by atoms with E-state index in [1.807, 2.05) is 25.2 Å². The van der Waals surface area contributed by atoms with Gasteiger partial charge in [-0.05, 0) is 19.1 Å². The number of benzene rings is 1. The number of para-hydroxylation sites is 1. The minimum absolute atomic E-state index is 0.0363. The van der Waals surface area contributed by atoms with Crippen molar-refractivity contribution in [2.45, 2.75) is 13.0 Å². The second-order valence-electron chi connectivity index (χ2n) is 5.83. The van der Waals surface area contributed by atoms with E-state index in [-0.39, 0.29) is 24.4 Å². The van der Waals surface area contributed by atoms with Gasteiger partial charge in [0, 0.05) is 14.1 Å². The van der Waals surface area contributed by atoms with Crippen LogP contribution in [0.1, 0.15) is 18.0 Å². The number of rotatable bonds is 6. The lowest BCUT2D eigenvalue weighted by atomic mass is 10.3. The summed E-state index contributed by atoms with van der Waals surface area (Å²) in [5.41, 5.74) is 0.994. The molecular weight excluding hydrogens is 312 g/mol. The summed E-state index contributed by atoms with van der Waals surface area (Å²) in [4.78, 5) is 30.6. The third-order valence-corrected chi connectivity index (χ3v) is 5.01. The number of aromatic nitrogens is 1. The Balaban J connectivity index is 1.92. The molecule has 0 radical (unpaired) electrons. The second kappa shape index (κ2) is 7.52. The molecule has 0 aliphatic carbocycles. The van der Waals surface area contributed by atoms with Crippen LogP contribution in [0.4, 0.5) is 0 Å². The quantitative estimate of drug-likeness (QED) is 0.785. The fourth-order valence-corrected chi connectivity index (χ4v) is 3.20. The molecule has 0 aliphatic heterocycles. The van der Waals surface area contributed by atoms with Gasteiger partial charge in [0.25, 0.3) is 5.91 Å². The van der Waals surface area contributed by atoms with E-state index in [1.165, 1.54) is 4.90 Å². The van der Waals surface area contributed by atoms with Crippen molar-refractivity contribution in [2.75, 3.05) is 34.2 Å². The average Bonchev–Trinajstić information content (AvgIpc) is 2.95. The van der Waals surface area contributed by atoms with Gasteiger partial charge in [0.2, 0.25) is 5.91 Å². The molecule has 0 bridgehead atoms. The number of amides is 2. The van der Waals surface area contributed by atoms with Crippen molar-refractivity contribution >= 4 is 33.4 Å². The Labute approximate surface area is 140 Å². The van der Waals surface area contributed by atoms with E-state index in [1.54, 1.807) is 25.4 Å². The zero-order chi connectivity index (χ0) is 17.0. The topological polar surface area (TPSA) is 66.7 Å². The molecule has 2 N–H and O–H groups in total. The summed E-state index contributed by atoms with van der Waals surface area (Å²) in [5.74, 6) is -0.249. The first-order valence-electron chi connectivity index (χ1n) is 7.53. The lowest BCUT2D eigenvalue weighted by Crippen LogP contribution is -3.10. The van der Waals surface area contributed by atoms with Gasteiger partial charge in [-0.3, -0.25) is 9.59 Å². The number of carbonyl (C=O) groups excluding carboxylic acids is 2. The molecule has 0 fully saturated rings. The molecule has 1 aromatic carbocycles. The maximum absolute atomic E-state index is 12.0. The first-order chi connectivity index (χ1) is 10.9. The highest BCUT2D eigenvalue weighted by Gasteiger charge is 2.22. The largest absolute Gasteiger partial charge is 0.347 e. The lowest BCUT2D eigenvalue weighted by Gasteiger charge is -2.19. The summed E-state index contributed by atoms with van der Waals surface area (Å²) in [6.07, 6.45) is 0. The lowest BCUT2D eigenvalue weighted by molar-refractivity contribution is -0.902. The number of fused-ring (bicyclic) bond motifs is 1. The molecule has 6 nitrogen and oxygen atoms in total. The summed E-state index contributed by atoms with van der Waals surface area (Å²) < 4.78 is 1.16. The van der Waals surface area contributed by atoms with Crippen molar-refractivity contribution in [2.24, 2.45) is 0 Å². The number of hydrogen-bond donors (Lipinski definition) is 2. The Morgan fingerprint density at radius 3 is 2.70 bits per heavy atom. The van der Waals surface area contributed by atoms with Crippen molar-refractivity contribution in [3.63, 3.8) is 0 Å². The highest BCUT2D eigenvalue weighted by atomic mass is 32.1. The van der Waals surface area contributed by atoms with Crippen molar-refractivity contribution in [3.8, 4) is 0 Å². The first-order valence-corrected chi connectivity index (χ1v) is 8.34. The molecule has 23 heavy (non-hydrogen) atoms. The van der Waals surface area contributed by atoms with Crippen LogP contribution in [0.5, 0.6) is 0 Å². The maximum atomic E-state index is 12.0. The molecule has 1 heterocycles. The third kappa shape index (κ3) is 4.49. The van der Waals surface area contributed by atoms with E-state index in [4.69, 9.17) is 0 Å². The van der Waals surface area contributed by atoms with E-state index < -0.39 is 0 Å². The van der Waals surface area contributed by atoms with Gasteiger partial charge in [-0.1, -0.05) is 12.1 Å². The molecule has 0 saturated carbocycles. The Morgan fingerprint density at radius 2 is 2.04 bits per heavy atom. The minimum Gasteiger partial charge on any atom is -0.347 e. The molecule has 0 saturated heterocycles. The molecule has 7 heteroatoms. The third-order valence-electron chi connectivity index (χ3n) is 3.80.